The number of hydrogen-bond donors (Lipinski definition) is 3. The highest BCUT2D eigenvalue weighted by molar-refractivity contribution is 5.75. The minimum atomic E-state index is -0.268. The lowest BCUT2D eigenvalue weighted by atomic mass is 10.3. The third kappa shape index (κ3) is 6.09. The predicted octanol–water partition coefficient (Wildman–Crippen LogP) is 1.02. The highest BCUT2D eigenvalue weighted by Crippen LogP contribution is 2.14. The first-order chi connectivity index (χ1) is 14.0. The number of anilines is 3. The van der Waals surface area contributed by atoms with Crippen LogP contribution in [0.4, 0.5) is 17.5 Å². The second-order valence-electron chi connectivity index (χ2n) is 6.41. The lowest BCUT2D eigenvalue weighted by Crippen LogP contribution is -2.34. The number of carbonyl (C=O) groups excluding carboxylic acids is 1. The van der Waals surface area contributed by atoms with Crippen molar-refractivity contribution in [2.75, 3.05) is 23.7 Å². The summed E-state index contributed by atoms with van der Waals surface area (Å²) in [5, 5.41) is 8.98. The molecule has 3 rings (SSSR count). The zero-order valence-electron chi connectivity index (χ0n) is 16.2. The van der Waals surface area contributed by atoms with Crippen molar-refractivity contribution in [3.8, 4) is 0 Å². The van der Waals surface area contributed by atoms with Crippen LogP contribution in [0.2, 0.25) is 0 Å². The number of aromatic nitrogens is 5. The fourth-order valence-corrected chi connectivity index (χ4v) is 2.50. The topological polar surface area (TPSA) is 127 Å². The molecule has 1 amide bonds. The molecule has 0 aromatic carbocycles. The number of aryl methyl sites for hydroxylation is 2. The van der Waals surface area contributed by atoms with Crippen LogP contribution < -0.4 is 21.5 Å². The van der Waals surface area contributed by atoms with Crippen LogP contribution in [0.1, 0.15) is 11.3 Å². The van der Waals surface area contributed by atoms with Crippen molar-refractivity contribution in [1.82, 2.24) is 29.8 Å². The summed E-state index contributed by atoms with van der Waals surface area (Å²) in [4.78, 5) is 40.3. The Bertz CT molecular complexity index is 1050. The number of nitrogens with one attached hydrogen (secondary N) is 3. The number of carbonyl (C=O) groups is 1. The predicted molar refractivity (Wildman–Crippen MR) is 109 cm³/mol. The van der Waals surface area contributed by atoms with E-state index in [0.717, 1.165) is 5.56 Å². The van der Waals surface area contributed by atoms with Crippen LogP contribution in [-0.4, -0.2) is 43.5 Å². The molecule has 0 atom stereocenters. The van der Waals surface area contributed by atoms with Crippen LogP contribution in [0.5, 0.6) is 0 Å². The van der Waals surface area contributed by atoms with Crippen LogP contribution in [0.3, 0.4) is 0 Å². The van der Waals surface area contributed by atoms with Gasteiger partial charge in [-0.2, -0.15) is 0 Å². The van der Waals surface area contributed by atoms with Crippen molar-refractivity contribution in [3.63, 3.8) is 0 Å². The van der Waals surface area contributed by atoms with E-state index in [0.29, 0.717) is 36.2 Å². The van der Waals surface area contributed by atoms with E-state index in [-0.39, 0.29) is 18.0 Å². The number of hydrogen-bond acceptors (Lipinski definition) is 8. The van der Waals surface area contributed by atoms with E-state index in [9.17, 15) is 9.59 Å². The molecule has 0 spiro atoms. The lowest BCUT2D eigenvalue weighted by Gasteiger charge is -2.10. The van der Waals surface area contributed by atoms with Crippen LogP contribution in [-0.2, 0) is 11.3 Å². The standard InChI is InChI=1S/C19H22N8O2/c1-13-3-4-20-16(7-13)26-17-9-15(23-11-24-17)21-5-6-22-18(28)10-27-12-25-14(2)8-19(27)29/h3-4,7-9,11-12H,5-6,10H2,1-2H3,(H,22,28)(H2,20,21,23,24,26). The minimum Gasteiger partial charge on any atom is -0.368 e. The molecule has 3 heterocycles. The van der Waals surface area contributed by atoms with Crippen molar-refractivity contribution in [1.29, 1.82) is 0 Å². The maximum Gasteiger partial charge on any atom is 0.253 e. The summed E-state index contributed by atoms with van der Waals surface area (Å²) in [7, 11) is 0. The third-order valence-electron chi connectivity index (χ3n) is 3.92. The normalized spacial score (nSPS) is 10.4. The van der Waals surface area contributed by atoms with Gasteiger partial charge < -0.3 is 16.0 Å². The van der Waals surface area contributed by atoms with Crippen LogP contribution >= 0.6 is 0 Å². The number of amides is 1. The second-order valence-corrected chi connectivity index (χ2v) is 6.41. The highest BCUT2D eigenvalue weighted by atomic mass is 16.2. The monoisotopic (exact) mass is 394 g/mol. The molecule has 29 heavy (non-hydrogen) atoms. The molecular weight excluding hydrogens is 372 g/mol. The van der Waals surface area contributed by atoms with Gasteiger partial charge >= 0.3 is 0 Å². The molecule has 0 bridgehead atoms. The molecule has 0 saturated heterocycles. The summed E-state index contributed by atoms with van der Waals surface area (Å²) in [5.41, 5.74) is 1.46. The molecule has 0 aliphatic heterocycles. The Labute approximate surface area is 167 Å². The van der Waals surface area contributed by atoms with Crippen LogP contribution in [0, 0.1) is 13.8 Å². The molecule has 0 radical (unpaired) electrons. The summed E-state index contributed by atoms with van der Waals surface area (Å²) < 4.78 is 1.26. The first kappa shape index (κ1) is 19.9. The molecule has 0 aliphatic rings. The fraction of sp³-hybridized carbons (Fsp3) is 0.263. The Kier molecular flexibility index (Phi) is 6.46. The van der Waals surface area contributed by atoms with Crippen molar-refractivity contribution in [3.05, 3.63) is 64.7 Å². The SMILES string of the molecule is Cc1ccnc(Nc2cc(NCCNC(=O)Cn3cnc(C)cc3=O)ncn2)c1. The molecule has 10 nitrogen and oxygen atoms in total. The van der Waals surface area contributed by atoms with E-state index in [1.54, 1.807) is 19.2 Å². The maximum absolute atomic E-state index is 12.0. The molecule has 3 N–H and O–H groups in total. The molecule has 10 heteroatoms. The summed E-state index contributed by atoms with van der Waals surface area (Å²) >= 11 is 0. The zero-order valence-corrected chi connectivity index (χ0v) is 16.2. The van der Waals surface area contributed by atoms with Gasteiger partial charge in [-0.1, -0.05) is 0 Å². The van der Waals surface area contributed by atoms with E-state index in [1.165, 1.54) is 23.3 Å². The molecule has 3 aromatic heterocycles. The summed E-state index contributed by atoms with van der Waals surface area (Å²) in [6.07, 6.45) is 4.53. The molecule has 0 aliphatic carbocycles. The van der Waals surface area contributed by atoms with Crippen molar-refractivity contribution >= 4 is 23.4 Å². The van der Waals surface area contributed by atoms with Gasteiger partial charge in [-0.15, -0.1) is 0 Å². The van der Waals surface area contributed by atoms with Crippen molar-refractivity contribution in [2.24, 2.45) is 0 Å². The van der Waals surface area contributed by atoms with E-state index in [1.807, 2.05) is 19.1 Å². The smallest absolute Gasteiger partial charge is 0.253 e. The van der Waals surface area contributed by atoms with Crippen LogP contribution in [0.15, 0.2) is 47.9 Å². The van der Waals surface area contributed by atoms with E-state index in [4.69, 9.17) is 0 Å². The van der Waals surface area contributed by atoms with Crippen molar-refractivity contribution < 1.29 is 4.79 Å². The third-order valence-corrected chi connectivity index (χ3v) is 3.92. The Hall–Kier alpha value is -3.82. The summed E-state index contributed by atoms with van der Waals surface area (Å²) in [6.45, 7) is 4.48. The Balaban J connectivity index is 1.45. The van der Waals surface area contributed by atoms with Gasteiger partial charge in [0.1, 0.15) is 30.3 Å². The average Bonchev–Trinajstić information content (AvgIpc) is 2.68. The van der Waals surface area contributed by atoms with E-state index < -0.39 is 0 Å². The molecule has 0 saturated carbocycles. The Morgan fingerprint density at radius 2 is 1.79 bits per heavy atom. The zero-order chi connectivity index (χ0) is 20.6. The van der Waals surface area contributed by atoms with Crippen molar-refractivity contribution in [2.45, 2.75) is 20.4 Å². The number of pyridine rings is 1. The molecule has 0 unspecified atom stereocenters. The highest BCUT2D eigenvalue weighted by Gasteiger charge is 2.05. The summed E-state index contributed by atoms with van der Waals surface area (Å²) in [6, 6.07) is 6.98. The van der Waals surface area contributed by atoms with E-state index >= 15 is 0 Å². The maximum atomic E-state index is 12.0. The van der Waals surface area contributed by atoms with Gasteiger partial charge in [0.25, 0.3) is 5.56 Å². The second kappa shape index (κ2) is 9.40. The van der Waals surface area contributed by atoms with E-state index in [2.05, 4.69) is 35.9 Å². The molecule has 0 fully saturated rings. The first-order valence-electron chi connectivity index (χ1n) is 9.05. The van der Waals surface area contributed by atoms with Gasteiger partial charge in [-0.3, -0.25) is 14.2 Å². The average molecular weight is 394 g/mol. The number of nitrogens with zero attached hydrogens (tertiary/aromatic N) is 5. The van der Waals surface area contributed by atoms with Gasteiger partial charge in [0.05, 0.1) is 6.33 Å². The van der Waals surface area contributed by atoms with Gasteiger partial charge in [0, 0.05) is 37.1 Å². The Morgan fingerprint density at radius 1 is 1.00 bits per heavy atom. The lowest BCUT2D eigenvalue weighted by molar-refractivity contribution is -0.121. The molecule has 3 aromatic rings. The van der Waals surface area contributed by atoms with Crippen LogP contribution in [0.25, 0.3) is 0 Å². The van der Waals surface area contributed by atoms with Gasteiger partial charge in [-0.25, -0.2) is 19.9 Å². The largest absolute Gasteiger partial charge is 0.368 e. The van der Waals surface area contributed by atoms with Gasteiger partial charge in [-0.05, 0) is 31.5 Å². The minimum absolute atomic E-state index is 0.0722. The fourth-order valence-electron chi connectivity index (χ4n) is 2.50. The Morgan fingerprint density at radius 3 is 2.59 bits per heavy atom. The number of rotatable bonds is 8. The quantitative estimate of drug-likeness (QED) is 0.483. The summed E-state index contributed by atoms with van der Waals surface area (Å²) in [5.74, 6) is 1.65. The molecular formula is C19H22N8O2. The van der Waals surface area contributed by atoms with Gasteiger partial charge in [0.2, 0.25) is 5.91 Å². The molecule has 150 valence electrons. The first-order valence-corrected chi connectivity index (χ1v) is 9.05. The van der Waals surface area contributed by atoms with Gasteiger partial charge in [0.15, 0.2) is 0 Å².